The Labute approximate surface area is 168 Å². The Kier molecular flexibility index (Phi) is 6.45. The number of nitrogens with one attached hydrogen (secondary N) is 1. The SMILES string of the molecule is O=C(COC(=O)c1cccc[n+]1[O-])Nc1cccc(S(=O)(=O)N2CCCCC2)c1. The molecule has 0 spiro atoms. The molecule has 1 aliphatic heterocycles. The Morgan fingerprint density at radius 3 is 2.59 bits per heavy atom. The first kappa shape index (κ1) is 20.7. The topological polar surface area (TPSA) is 120 Å². The van der Waals surface area contributed by atoms with Gasteiger partial charge < -0.3 is 15.3 Å². The number of pyridine rings is 1. The lowest BCUT2D eigenvalue weighted by atomic mass is 10.2. The molecule has 0 radical (unpaired) electrons. The van der Waals surface area contributed by atoms with Gasteiger partial charge in [-0.1, -0.05) is 12.5 Å². The number of nitrogens with zero attached hydrogens (tertiary/aromatic N) is 2. The van der Waals surface area contributed by atoms with Crippen molar-refractivity contribution in [3.8, 4) is 0 Å². The van der Waals surface area contributed by atoms with Crippen molar-refractivity contribution in [3.05, 3.63) is 59.6 Å². The Balaban J connectivity index is 1.62. The Morgan fingerprint density at radius 1 is 1.10 bits per heavy atom. The first-order valence-corrected chi connectivity index (χ1v) is 10.6. The van der Waals surface area contributed by atoms with Crippen LogP contribution in [-0.4, -0.2) is 44.3 Å². The second-order valence-corrected chi connectivity index (χ2v) is 8.47. The van der Waals surface area contributed by atoms with Gasteiger partial charge in [-0.05, 0) is 37.1 Å². The minimum absolute atomic E-state index is 0.0888. The van der Waals surface area contributed by atoms with Crippen LogP contribution in [0, 0.1) is 5.21 Å². The minimum Gasteiger partial charge on any atom is -0.618 e. The van der Waals surface area contributed by atoms with Gasteiger partial charge in [-0.3, -0.25) is 4.79 Å². The predicted molar refractivity (Wildman–Crippen MR) is 103 cm³/mol. The molecule has 3 rings (SSSR count). The highest BCUT2D eigenvalue weighted by molar-refractivity contribution is 7.89. The van der Waals surface area contributed by atoms with Crippen molar-refractivity contribution in [2.75, 3.05) is 25.0 Å². The molecule has 154 valence electrons. The van der Waals surface area contributed by atoms with E-state index in [1.54, 1.807) is 0 Å². The number of hydrogen-bond acceptors (Lipinski definition) is 6. The number of carbonyl (C=O) groups excluding carboxylic acids is 2. The highest BCUT2D eigenvalue weighted by Gasteiger charge is 2.26. The number of amides is 1. The lowest BCUT2D eigenvalue weighted by Gasteiger charge is -2.26. The monoisotopic (exact) mass is 419 g/mol. The first-order chi connectivity index (χ1) is 13.9. The Bertz CT molecular complexity index is 1000. The zero-order valence-corrected chi connectivity index (χ0v) is 16.4. The number of rotatable bonds is 6. The summed E-state index contributed by atoms with van der Waals surface area (Å²) in [6, 6.07) is 10.2. The molecule has 1 aromatic carbocycles. The van der Waals surface area contributed by atoms with Crippen LogP contribution in [0.1, 0.15) is 29.8 Å². The average molecular weight is 419 g/mol. The number of hydrogen-bond donors (Lipinski definition) is 1. The summed E-state index contributed by atoms with van der Waals surface area (Å²) >= 11 is 0. The van der Waals surface area contributed by atoms with E-state index in [0.29, 0.717) is 17.8 Å². The first-order valence-electron chi connectivity index (χ1n) is 9.13. The van der Waals surface area contributed by atoms with Crippen LogP contribution < -0.4 is 10.0 Å². The fourth-order valence-corrected chi connectivity index (χ4v) is 4.54. The molecule has 2 aromatic rings. The molecule has 1 saturated heterocycles. The van der Waals surface area contributed by atoms with Gasteiger partial charge in [0.1, 0.15) is 0 Å². The van der Waals surface area contributed by atoms with E-state index in [-0.39, 0.29) is 16.3 Å². The summed E-state index contributed by atoms with van der Waals surface area (Å²) in [6.07, 6.45) is 3.80. The van der Waals surface area contributed by atoms with Gasteiger partial charge in [0.2, 0.25) is 10.0 Å². The van der Waals surface area contributed by atoms with Crippen molar-refractivity contribution in [1.82, 2.24) is 4.31 Å². The molecule has 1 aromatic heterocycles. The standard InChI is InChI=1S/C19H21N3O6S/c23-18(14-28-19(24)17-9-2-5-12-22(17)25)20-15-7-6-8-16(13-15)29(26,27)21-10-3-1-4-11-21/h2,5-9,12-13H,1,3-4,10-11,14H2,(H,20,23). The van der Waals surface area contributed by atoms with Crippen molar-refractivity contribution in [2.45, 2.75) is 24.2 Å². The van der Waals surface area contributed by atoms with Crippen LogP contribution in [0.25, 0.3) is 0 Å². The van der Waals surface area contributed by atoms with E-state index in [2.05, 4.69) is 5.32 Å². The number of piperidine rings is 1. The molecule has 1 aliphatic rings. The van der Waals surface area contributed by atoms with Crippen LogP contribution in [0.5, 0.6) is 0 Å². The van der Waals surface area contributed by atoms with E-state index < -0.39 is 28.5 Å². The molecule has 9 nitrogen and oxygen atoms in total. The maximum atomic E-state index is 12.7. The van der Waals surface area contributed by atoms with E-state index >= 15 is 0 Å². The number of carbonyl (C=O) groups is 2. The summed E-state index contributed by atoms with van der Waals surface area (Å²) in [5.41, 5.74) is 0.0256. The normalized spacial score (nSPS) is 14.9. The van der Waals surface area contributed by atoms with E-state index in [9.17, 15) is 23.2 Å². The van der Waals surface area contributed by atoms with Gasteiger partial charge in [-0.2, -0.15) is 9.04 Å². The maximum absolute atomic E-state index is 12.7. The molecular formula is C19H21N3O6S. The Hall–Kier alpha value is -2.98. The van der Waals surface area contributed by atoms with E-state index in [0.717, 1.165) is 25.5 Å². The summed E-state index contributed by atoms with van der Waals surface area (Å²) in [4.78, 5) is 24.0. The molecule has 10 heteroatoms. The third kappa shape index (κ3) is 5.09. The average Bonchev–Trinajstić information content (AvgIpc) is 2.73. The van der Waals surface area contributed by atoms with Gasteiger partial charge in [0.05, 0.1) is 4.90 Å². The summed E-state index contributed by atoms with van der Waals surface area (Å²) in [5.74, 6) is -1.59. The molecule has 1 N–H and O–H groups in total. The van der Waals surface area contributed by atoms with Gasteiger partial charge >= 0.3 is 11.7 Å². The van der Waals surface area contributed by atoms with E-state index in [4.69, 9.17) is 4.74 Å². The molecule has 0 atom stereocenters. The van der Waals surface area contributed by atoms with Gasteiger partial charge in [0.25, 0.3) is 5.91 Å². The lowest BCUT2D eigenvalue weighted by Crippen LogP contribution is -2.35. The van der Waals surface area contributed by atoms with Crippen molar-refractivity contribution in [3.63, 3.8) is 0 Å². The fourth-order valence-electron chi connectivity index (χ4n) is 2.98. The van der Waals surface area contributed by atoms with Gasteiger partial charge in [-0.15, -0.1) is 0 Å². The number of ether oxygens (including phenoxy) is 1. The third-order valence-electron chi connectivity index (χ3n) is 4.44. The van der Waals surface area contributed by atoms with E-state index in [1.807, 2.05) is 0 Å². The van der Waals surface area contributed by atoms with Crippen molar-refractivity contribution >= 4 is 27.6 Å². The number of sulfonamides is 1. The molecule has 0 unspecified atom stereocenters. The predicted octanol–water partition coefficient (Wildman–Crippen LogP) is 1.29. The number of benzene rings is 1. The maximum Gasteiger partial charge on any atom is 0.405 e. The van der Waals surface area contributed by atoms with E-state index in [1.165, 1.54) is 46.8 Å². The molecule has 29 heavy (non-hydrogen) atoms. The molecule has 1 fully saturated rings. The lowest BCUT2D eigenvalue weighted by molar-refractivity contribution is -0.608. The summed E-state index contributed by atoms with van der Waals surface area (Å²) in [6.45, 7) is 0.346. The van der Waals surface area contributed by atoms with Crippen LogP contribution in [0.15, 0.2) is 53.6 Å². The highest BCUT2D eigenvalue weighted by atomic mass is 32.2. The zero-order chi connectivity index (χ0) is 20.9. The second-order valence-electron chi connectivity index (χ2n) is 6.53. The number of esters is 1. The number of anilines is 1. The van der Waals surface area contributed by atoms with Crippen LogP contribution in [-0.2, 0) is 19.6 Å². The van der Waals surface area contributed by atoms with Crippen molar-refractivity contribution < 1.29 is 27.5 Å². The molecule has 2 heterocycles. The third-order valence-corrected chi connectivity index (χ3v) is 6.33. The molecule has 0 bridgehead atoms. The van der Waals surface area contributed by atoms with Crippen LogP contribution in [0.4, 0.5) is 5.69 Å². The van der Waals surface area contributed by atoms with Crippen LogP contribution >= 0.6 is 0 Å². The largest absolute Gasteiger partial charge is 0.618 e. The highest BCUT2D eigenvalue weighted by Crippen LogP contribution is 2.22. The fraction of sp³-hybridized carbons (Fsp3) is 0.316. The summed E-state index contributed by atoms with van der Waals surface area (Å²) in [5, 5.41) is 14.0. The molecular weight excluding hydrogens is 398 g/mol. The summed E-state index contributed by atoms with van der Waals surface area (Å²) in [7, 11) is -3.63. The van der Waals surface area contributed by atoms with Crippen LogP contribution in [0.2, 0.25) is 0 Å². The summed E-state index contributed by atoms with van der Waals surface area (Å²) < 4.78 is 32.1. The molecule has 1 amide bonds. The smallest absolute Gasteiger partial charge is 0.405 e. The molecule has 0 saturated carbocycles. The quantitative estimate of drug-likeness (QED) is 0.428. The second kappa shape index (κ2) is 9.01. The van der Waals surface area contributed by atoms with Gasteiger partial charge in [-0.25, -0.2) is 13.2 Å². The Morgan fingerprint density at radius 2 is 1.86 bits per heavy atom. The minimum atomic E-state index is -3.63. The van der Waals surface area contributed by atoms with Crippen LogP contribution in [0.3, 0.4) is 0 Å². The van der Waals surface area contributed by atoms with Gasteiger partial charge in [0, 0.05) is 30.9 Å². The van der Waals surface area contributed by atoms with Crippen molar-refractivity contribution in [2.24, 2.45) is 0 Å². The molecule has 0 aliphatic carbocycles. The van der Waals surface area contributed by atoms with Crippen molar-refractivity contribution in [1.29, 1.82) is 0 Å². The van der Waals surface area contributed by atoms with Gasteiger partial charge in [0.15, 0.2) is 12.8 Å². The zero-order valence-electron chi connectivity index (χ0n) is 15.6. The number of aromatic nitrogens is 1.